The van der Waals surface area contributed by atoms with Crippen LogP contribution in [0.2, 0.25) is 0 Å². The molecular formula is C13H23NO3. The molecule has 0 radical (unpaired) electrons. The Morgan fingerprint density at radius 1 is 1.24 bits per heavy atom. The van der Waals surface area contributed by atoms with Crippen molar-refractivity contribution < 1.29 is 14.7 Å². The van der Waals surface area contributed by atoms with Gasteiger partial charge in [0, 0.05) is 13.0 Å². The van der Waals surface area contributed by atoms with Gasteiger partial charge in [0.15, 0.2) is 0 Å². The maximum Gasteiger partial charge on any atom is 0.323 e. The highest BCUT2D eigenvalue weighted by molar-refractivity contribution is 5.82. The van der Waals surface area contributed by atoms with Gasteiger partial charge in [-0.05, 0) is 37.5 Å². The number of amides is 1. The molecule has 17 heavy (non-hydrogen) atoms. The second-order valence-electron chi connectivity index (χ2n) is 5.44. The summed E-state index contributed by atoms with van der Waals surface area (Å²) in [5.74, 6) is 0.493. The summed E-state index contributed by atoms with van der Waals surface area (Å²) in [6.07, 6.45) is 4.00. The van der Waals surface area contributed by atoms with Gasteiger partial charge in [0.1, 0.15) is 6.54 Å². The first-order valence-corrected chi connectivity index (χ1v) is 6.38. The zero-order valence-corrected chi connectivity index (χ0v) is 11.0. The molecule has 1 N–H and O–H groups in total. The molecule has 0 aromatic rings. The molecular weight excluding hydrogens is 218 g/mol. The van der Waals surface area contributed by atoms with Crippen molar-refractivity contribution in [3.8, 4) is 0 Å². The Hall–Kier alpha value is -1.06. The Labute approximate surface area is 103 Å². The molecule has 0 unspecified atom stereocenters. The Morgan fingerprint density at radius 3 is 2.18 bits per heavy atom. The van der Waals surface area contributed by atoms with Crippen LogP contribution in [-0.4, -0.2) is 35.5 Å². The number of aliphatic carboxylic acids is 1. The van der Waals surface area contributed by atoms with Crippen molar-refractivity contribution in [2.75, 3.05) is 13.6 Å². The minimum absolute atomic E-state index is 0.00499. The standard InChI is InChI=1S/C13H23NO3/c1-9(2)10-4-6-11(7-5-10)13(17)14(3)8-12(15)16/h9-11H,4-8H2,1-3H3,(H,15,16). The molecule has 0 aromatic carbocycles. The normalized spacial score (nSPS) is 24.7. The number of hydrogen-bond donors (Lipinski definition) is 1. The van der Waals surface area contributed by atoms with Gasteiger partial charge < -0.3 is 10.0 Å². The SMILES string of the molecule is CC(C)C1CCC(C(=O)N(C)CC(=O)O)CC1. The summed E-state index contributed by atoms with van der Waals surface area (Å²) in [4.78, 5) is 23.9. The number of nitrogens with zero attached hydrogens (tertiary/aromatic N) is 1. The van der Waals surface area contributed by atoms with E-state index in [0.717, 1.165) is 31.6 Å². The fourth-order valence-corrected chi connectivity index (χ4v) is 2.63. The van der Waals surface area contributed by atoms with Crippen molar-refractivity contribution in [2.24, 2.45) is 17.8 Å². The lowest BCUT2D eigenvalue weighted by atomic mass is 9.76. The van der Waals surface area contributed by atoms with Gasteiger partial charge in [-0.25, -0.2) is 0 Å². The molecule has 4 heteroatoms. The first-order valence-electron chi connectivity index (χ1n) is 6.38. The first kappa shape index (κ1) is 14.0. The molecule has 0 aliphatic heterocycles. The number of likely N-dealkylation sites (N-methyl/N-ethyl adjacent to an activating group) is 1. The number of rotatable bonds is 4. The molecule has 1 rings (SSSR count). The predicted molar refractivity (Wildman–Crippen MR) is 65.6 cm³/mol. The monoisotopic (exact) mass is 241 g/mol. The van der Waals surface area contributed by atoms with Crippen LogP contribution in [-0.2, 0) is 9.59 Å². The fourth-order valence-electron chi connectivity index (χ4n) is 2.63. The van der Waals surface area contributed by atoms with E-state index in [1.165, 1.54) is 4.90 Å². The topological polar surface area (TPSA) is 57.6 Å². The Kier molecular flexibility index (Phi) is 4.97. The highest BCUT2D eigenvalue weighted by Gasteiger charge is 2.29. The smallest absolute Gasteiger partial charge is 0.323 e. The maximum absolute atomic E-state index is 12.0. The number of carboxylic acid groups (broad SMARTS) is 1. The second kappa shape index (κ2) is 6.03. The third kappa shape index (κ3) is 4.02. The summed E-state index contributed by atoms with van der Waals surface area (Å²) in [7, 11) is 1.57. The van der Waals surface area contributed by atoms with E-state index >= 15 is 0 Å². The Bertz CT molecular complexity index is 280. The van der Waals surface area contributed by atoms with E-state index in [1.54, 1.807) is 7.05 Å². The average Bonchev–Trinajstić information content (AvgIpc) is 2.27. The van der Waals surface area contributed by atoms with Gasteiger partial charge in [0.2, 0.25) is 5.91 Å². The summed E-state index contributed by atoms with van der Waals surface area (Å²) >= 11 is 0. The van der Waals surface area contributed by atoms with Crippen molar-refractivity contribution in [3.63, 3.8) is 0 Å². The fraction of sp³-hybridized carbons (Fsp3) is 0.846. The zero-order valence-electron chi connectivity index (χ0n) is 11.0. The summed E-state index contributed by atoms with van der Waals surface area (Å²) < 4.78 is 0. The van der Waals surface area contributed by atoms with Crippen molar-refractivity contribution in [1.29, 1.82) is 0 Å². The Morgan fingerprint density at radius 2 is 1.76 bits per heavy atom. The van der Waals surface area contributed by atoms with E-state index in [-0.39, 0.29) is 18.4 Å². The summed E-state index contributed by atoms with van der Waals surface area (Å²) in [5.41, 5.74) is 0. The molecule has 0 saturated heterocycles. The molecule has 1 fully saturated rings. The molecule has 1 amide bonds. The largest absolute Gasteiger partial charge is 0.480 e. The van der Waals surface area contributed by atoms with Crippen LogP contribution in [0.3, 0.4) is 0 Å². The Balaban J connectivity index is 2.43. The van der Waals surface area contributed by atoms with Crippen molar-refractivity contribution in [1.82, 2.24) is 4.90 Å². The van der Waals surface area contributed by atoms with Crippen molar-refractivity contribution >= 4 is 11.9 Å². The number of carbonyl (C=O) groups excluding carboxylic acids is 1. The maximum atomic E-state index is 12.0. The minimum Gasteiger partial charge on any atom is -0.480 e. The van der Waals surface area contributed by atoms with Crippen LogP contribution in [0.15, 0.2) is 0 Å². The third-order valence-corrected chi connectivity index (χ3v) is 3.81. The second-order valence-corrected chi connectivity index (χ2v) is 5.44. The molecule has 1 saturated carbocycles. The van der Waals surface area contributed by atoms with Gasteiger partial charge in [-0.2, -0.15) is 0 Å². The van der Waals surface area contributed by atoms with Gasteiger partial charge in [0.25, 0.3) is 0 Å². The quantitative estimate of drug-likeness (QED) is 0.819. The molecule has 0 heterocycles. The van der Waals surface area contributed by atoms with Gasteiger partial charge >= 0.3 is 5.97 Å². The van der Waals surface area contributed by atoms with Crippen LogP contribution in [0.1, 0.15) is 39.5 Å². The lowest BCUT2D eigenvalue weighted by Crippen LogP contribution is -2.38. The molecule has 0 atom stereocenters. The van der Waals surface area contributed by atoms with E-state index in [2.05, 4.69) is 13.8 Å². The minimum atomic E-state index is -0.947. The van der Waals surface area contributed by atoms with Crippen LogP contribution in [0, 0.1) is 17.8 Å². The summed E-state index contributed by atoms with van der Waals surface area (Å²) in [6, 6.07) is 0. The summed E-state index contributed by atoms with van der Waals surface area (Å²) in [6.45, 7) is 4.26. The van der Waals surface area contributed by atoms with Crippen molar-refractivity contribution in [2.45, 2.75) is 39.5 Å². The van der Waals surface area contributed by atoms with Gasteiger partial charge in [-0.3, -0.25) is 9.59 Å². The van der Waals surface area contributed by atoms with Gasteiger partial charge in [0.05, 0.1) is 0 Å². The van der Waals surface area contributed by atoms with E-state index in [9.17, 15) is 9.59 Å². The van der Waals surface area contributed by atoms with E-state index in [4.69, 9.17) is 5.11 Å². The highest BCUT2D eigenvalue weighted by Crippen LogP contribution is 2.33. The number of hydrogen-bond acceptors (Lipinski definition) is 2. The predicted octanol–water partition coefficient (Wildman–Crippen LogP) is 1.99. The average molecular weight is 241 g/mol. The third-order valence-electron chi connectivity index (χ3n) is 3.81. The van der Waals surface area contributed by atoms with Crippen LogP contribution in [0.4, 0.5) is 0 Å². The van der Waals surface area contributed by atoms with Crippen LogP contribution in [0.5, 0.6) is 0 Å². The van der Waals surface area contributed by atoms with Crippen LogP contribution < -0.4 is 0 Å². The number of carboxylic acids is 1. The van der Waals surface area contributed by atoms with Gasteiger partial charge in [-0.15, -0.1) is 0 Å². The molecule has 0 spiro atoms. The molecule has 0 aromatic heterocycles. The summed E-state index contributed by atoms with van der Waals surface area (Å²) in [5, 5.41) is 8.65. The lowest BCUT2D eigenvalue weighted by Gasteiger charge is -2.31. The molecule has 98 valence electrons. The highest BCUT2D eigenvalue weighted by atomic mass is 16.4. The van der Waals surface area contributed by atoms with E-state index < -0.39 is 5.97 Å². The molecule has 1 aliphatic rings. The lowest BCUT2D eigenvalue weighted by molar-refractivity contribution is -0.145. The number of carbonyl (C=O) groups is 2. The van der Waals surface area contributed by atoms with Crippen molar-refractivity contribution in [3.05, 3.63) is 0 Å². The first-order chi connectivity index (χ1) is 7.91. The van der Waals surface area contributed by atoms with Gasteiger partial charge in [-0.1, -0.05) is 13.8 Å². The van der Waals surface area contributed by atoms with Crippen LogP contribution in [0.25, 0.3) is 0 Å². The molecule has 1 aliphatic carbocycles. The molecule has 0 bridgehead atoms. The van der Waals surface area contributed by atoms with Crippen LogP contribution >= 0.6 is 0 Å². The zero-order chi connectivity index (χ0) is 13.0. The van der Waals surface area contributed by atoms with E-state index in [1.807, 2.05) is 0 Å². The van der Waals surface area contributed by atoms with E-state index in [0.29, 0.717) is 5.92 Å². The molecule has 4 nitrogen and oxygen atoms in total.